The average molecular weight is 375 g/mol. The topological polar surface area (TPSA) is 51.5 Å². The molecule has 144 valence electrons. The summed E-state index contributed by atoms with van der Waals surface area (Å²) in [5.74, 6) is -0.00600. The lowest BCUT2D eigenvalue weighted by Gasteiger charge is -2.21. The molecular weight excluding hydrogens is 350 g/mol. The number of nitrogens with zero attached hydrogens (tertiary/aromatic N) is 1. The van der Waals surface area contributed by atoms with Gasteiger partial charge in [-0.3, -0.25) is 0 Å². The molecule has 3 aromatic rings. The minimum Gasteiger partial charge on any atom is -0.489 e. The van der Waals surface area contributed by atoms with Crippen molar-refractivity contribution in [1.29, 1.82) is 0 Å². The molecule has 0 spiro atoms. The fourth-order valence-electron chi connectivity index (χ4n) is 4.08. The van der Waals surface area contributed by atoms with E-state index in [9.17, 15) is 9.90 Å². The van der Waals surface area contributed by atoms with Gasteiger partial charge in [-0.15, -0.1) is 0 Å². The zero-order chi connectivity index (χ0) is 19.9. The fraction of sp³-hybridized carbons (Fsp3) is 0.292. The minimum absolute atomic E-state index is 0.406. The molecule has 0 fully saturated rings. The Labute approximate surface area is 165 Å². The van der Waals surface area contributed by atoms with E-state index in [1.165, 1.54) is 0 Å². The molecule has 4 heteroatoms. The van der Waals surface area contributed by atoms with Gasteiger partial charge in [0.25, 0.3) is 0 Å². The van der Waals surface area contributed by atoms with E-state index in [0.29, 0.717) is 12.2 Å². The van der Waals surface area contributed by atoms with E-state index in [1.807, 2.05) is 63.2 Å². The first-order valence-corrected chi connectivity index (χ1v) is 9.62. The number of rotatable bonds is 4. The van der Waals surface area contributed by atoms with Gasteiger partial charge >= 0.3 is 5.97 Å². The molecule has 0 amide bonds. The summed E-state index contributed by atoms with van der Waals surface area (Å²) in [5, 5.41) is 10.9. The molecule has 0 atom stereocenters. The third-order valence-electron chi connectivity index (χ3n) is 5.28. The summed E-state index contributed by atoms with van der Waals surface area (Å²) >= 11 is 0. The summed E-state index contributed by atoms with van der Waals surface area (Å²) in [5.41, 5.74) is 4.32. The molecule has 1 aromatic heterocycles. The number of aliphatic carboxylic acids is 1. The van der Waals surface area contributed by atoms with E-state index in [1.54, 1.807) is 0 Å². The van der Waals surface area contributed by atoms with Crippen LogP contribution in [-0.2, 0) is 17.9 Å². The lowest BCUT2D eigenvalue weighted by atomic mass is 9.82. The van der Waals surface area contributed by atoms with Crippen molar-refractivity contribution in [2.45, 2.75) is 40.3 Å². The molecule has 0 bridgehead atoms. The van der Waals surface area contributed by atoms with Gasteiger partial charge < -0.3 is 14.4 Å². The van der Waals surface area contributed by atoms with Gasteiger partial charge in [-0.1, -0.05) is 51.1 Å². The fourth-order valence-corrected chi connectivity index (χ4v) is 4.08. The van der Waals surface area contributed by atoms with Crippen molar-refractivity contribution < 1.29 is 14.6 Å². The first-order valence-electron chi connectivity index (χ1n) is 9.62. The first kappa shape index (κ1) is 18.4. The zero-order valence-electron chi connectivity index (χ0n) is 16.5. The molecular formula is C24H25NO3. The molecule has 1 N–H and O–H groups in total. The standard InChI is InChI=1S/C24H25NO3/c1-24(2,3)22(23(26)27)19-11-12-25-20-10-9-18(13-17(20)14-21(19)25)28-15-16-7-5-4-6-8-16/h4-10,13-14H,11-12,15H2,1-3H3,(H,26,27). The Bertz CT molecular complexity index is 1070. The lowest BCUT2D eigenvalue weighted by molar-refractivity contribution is -0.133. The van der Waals surface area contributed by atoms with Crippen LogP contribution >= 0.6 is 0 Å². The van der Waals surface area contributed by atoms with Crippen LogP contribution in [0.15, 0.2) is 60.2 Å². The van der Waals surface area contributed by atoms with Gasteiger partial charge in [0.2, 0.25) is 0 Å². The summed E-state index contributed by atoms with van der Waals surface area (Å²) in [4.78, 5) is 11.9. The number of hydrogen-bond acceptors (Lipinski definition) is 2. The van der Waals surface area contributed by atoms with E-state index < -0.39 is 11.4 Å². The Kier molecular flexibility index (Phi) is 4.50. The van der Waals surface area contributed by atoms with Crippen molar-refractivity contribution in [3.05, 3.63) is 71.4 Å². The number of carboxylic acids is 1. The Morgan fingerprint density at radius 2 is 1.86 bits per heavy atom. The van der Waals surface area contributed by atoms with Gasteiger partial charge in [0.1, 0.15) is 12.4 Å². The predicted octanol–water partition coefficient (Wildman–Crippen LogP) is 5.51. The van der Waals surface area contributed by atoms with E-state index in [2.05, 4.69) is 16.7 Å². The summed E-state index contributed by atoms with van der Waals surface area (Å²) in [7, 11) is 0. The highest BCUT2D eigenvalue weighted by molar-refractivity contribution is 6.00. The molecule has 2 heterocycles. The van der Waals surface area contributed by atoms with Crippen LogP contribution in [-0.4, -0.2) is 15.6 Å². The van der Waals surface area contributed by atoms with Gasteiger partial charge in [-0.2, -0.15) is 0 Å². The molecule has 4 nitrogen and oxygen atoms in total. The maximum atomic E-state index is 11.9. The molecule has 1 aliphatic heterocycles. The number of aryl methyl sites for hydroxylation is 1. The molecule has 4 rings (SSSR count). The second-order valence-corrected chi connectivity index (χ2v) is 8.33. The van der Waals surface area contributed by atoms with E-state index in [0.717, 1.165) is 46.4 Å². The zero-order valence-corrected chi connectivity index (χ0v) is 16.5. The number of hydrogen-bond donors (Lipinski definition) is 1. The molecule has 28 heavy (non-hydrogen) atoms. The van der Waals surface area contributed by atoms with Crippen LogP contribution in [0.5, 0.6) is 5.75 Å². The Hall–Kier alpha value is -3.01. The highest BCUT2D eigenvalue weighted by Gasteiger charge is 2.32. The highest BCUT2D eigenvalue weighted by atomic mass is 16.5. The third kappa shape index (κ3) is 3.31. The van der Waals surface area contributed by atoms with E-state index in [-0.39, 0.29) is 0 Å². The van der Waals surface area contributed by atoms with Crippen molar-refractivity contribution in [3.63, 3.8) is 0 Å². The molecule has 0 unspecified atom stereocenters. The Morgan fingerprint density at radius 3 is 2.54 bits per heavy atom. The van der Waals surface area contributed by atoms with Crippen molar-refractivity contribution in [3.8, 4) is 5.75 Å². The van der Waals surface area contributed by atoms with Crippen LogP contribution in [0, 0.1) is 5.41 Å². The Morgan fingerprint density at radius 1 is 1.11 bits per heavy atom. The van der Waals surface area contributed by atoms with Gasteiger partial charge in [0, 0.05) is 28.7 Å². The molecule has 1 aliphatic rings. The van der Waals surface area contributed by atoms with Crippen LogP contribution in [0.4, 0.5) is 0 Å². The van der Waals surface area contributed by atoms with Crippen LogP contribution in [0.25, 0.3) is 16.5 Å². The second kappa shape index (κ2) is 6.86. The normalized spacial score (nSPS) is 15.5. The van der Waals surface area contributed by atoms with Crippen LogP contribution < -0.4 is 4.74 Å². The number of carbonyl (C=O) groups is 1. The molecule has 0 saturated carbocycles. The molecule has 2 aromatic carbocycles. The van der Waals surface area contributed by atoms with Crippen LogP contribution in [0.1, 0.15) is 38.4 Å². The number of allylic oxidation sites excluding steroid dienone is 1. The summed E-state index contributed by atoms with van der Waals surface area (Å²) < 4.78 is 8.17. The highest BCUT2D eigenvalue weighted by Crippen LogP contribution is 2.41. The van der Waals surface area contributed by atoms with Gasteiger partial charge in [0.15, 0.2) is 0 Å². The van der Waals surface area contributed by atoms with Crippen LogP contribution in [0.2, 0.25) is 0 Å². The van der Waals surface area contributed by atoms with Gasteiger partial charge in [-0.05, 0) is 47.2 Å². The van der Waals surface area contributed by atoms with Gasteiger partial charge in [-0.25, -0.2) is 4.79 Å². The monoisotopic (exact) mass is 375 g/mol. The SMILES string of the molecule is CC(C)(C)C(C(=O)O)=C1CCn2c1cc1cc(OCc3ccccc3)ccc12. The smallest absolute Gasteiger partial charge is 0.332 e. The van der Waals surface area contributed by atoms with Crippen LogP contribution in [0.3, 0.4) is 0 Å². The number of ether oxygens (including phenoxy) is 1. The number of aromatic nitrogens is 1. The summed E-state index contributed by atoms with van der Waals surface area (Å²) in [6.07, 6.45) is 0.760. The van der Waals surface area contributed by atoms with Crippen molar-refractivity contribution in [1.82, 2.24) is 4.57 Å². The van der Waals surface area contributed by atoms with Crippen molar-refractivity contribution in [2.24, 2.45) is 5.41 Å². The van der Waals surface area contributed by atoms with E-state index >= 15 is 0 Å². The number of fused-ring (bicyclic) bond motifs is 3. The summed E-state index contributed by atoms with van der Waals surface area (Å²) in [6, 6.07) is 18.3. The summed E-state index contributed by atoms with van der Waals surface area (Å²) in [6.45, 7) is 7.22. The third-order valence-corrected chi connectivity index (χ3v) is 5.28. The molecule has 0 aliphatic carbocycles. The average Bonchev–Trinajstić information content (AvgIpc) is 3.19. The minimum atomic E-state index is -0.826. The van der Waals surface area contributed by atoms with Crippen molar-refractivity contribution in [2.75, 3.05) is 0 Å². The lowest BCUT2D eigenvalue weighted by Crippen LogP contribution is -2.19. The maximum absolute atomic E-state index is 11.9. The molecule has 0 radical (unpaired) electrons. The van der Waals surface area contributed by atoms with Crippen molar-refractivity contribution >= 4 is 22.4 Å². The van der Waals surface area contributed by atoms with Gasteiger partial charge in [0.05, 0.1) is 0 Å². The Balaban J connectivity index is 1.70. The second-order valence-electron chi connectivity index (χ2n) is 8.33. The first-order chi connectivity index (χ1) is 13.3. The predicted molar refractivity (Wildman–Crippen MR) is 111 cm³/mol. The van der Waals surface area contributed by atoms with E-state index in [4.69, 9.17) is 4.74 Å². The largest absolute Gasteiger partial charge is 0.489 e. The number of carboxylic acid groups (broad SMARTS) is 1. The maximum Gasteiger partial charge on any atom is 0.332 e. The molecule has 0 saturated heterocycles. The quantitative estimate of drug-likeness (QED) is 0.612. The number of benzene rings is 2.